The number of halogens is 1. The maximum atomic E-state index is 8.64. The summed E-state index contributed by atoms with van der Waals surface area (Å²) in [4.78, 5) is -0.338. The minimum absolute atomic E-state index is 0.338. The van der Waals surface area contributed by atoms with E-state index >= 15 is 0 Å². The molecule has 1 saturated heterocycles. The van der Waals surface area contributed by atoms with Gasteiger partial charge in [-0.3, -0.25) is 0 Å². The first-order chi connectivity index (χ1) is 6.68. The summed E-state index contributed by atoms with van der Waals surface area (Å²) < 4.78 is 11.2. The Morgan fingerprint density at radius 1 is 1.14 bits per heavy atom. The molecule has 14 heavy (non-hydrogen) atoms. The highest BCUT2D eigenvalue weighted by Gasteiger charge is 2.45. The van der Waals surface area contributed by atoms with Crippen LogP contribution in [0.2, 0.25) is 0 Å². The van der Waals surface area contributed by atoms with Gasteiger partial charge in [0.05, 0.1) is 30.6 Å². The summed E-state index contributed by atoms with van der Waals surface area (Å²) in [7, 11) is 0. The van der Waals surface area contributed by atoms with E-state index in [1.165, 1.54) is 0 Å². The van der Waals surface area contributed by atoms with Crippen LogP contribution in [0.15, 0.2) is 0 Å². The minimum atomic E-state index is -0.367. The van der Waals surface area contributed by atoms with Gasteiger partial charge in [0.2, 0.25) is 0 Å². The topological polar surface area (TPSA) is 42.2 Å². The van der Waals surface area contributed by atoms with Gasteiger partial charge in [-0.1, -0.05) is 0 Å². The lowest BCUT2D eigenvalue weighted by molar-refractivity contribution is -0.180. The van der Waals surface area contributed by atoms with E-state index in [1.54, 1.807) is 0 Å². The van der Waals surface area contributed by atoms with Crippen LogP contribution in [-0.2, 0) is 9.47 Å². The summed E-state index contributed by atoms with van der Waals surface area (Å²) in [6.45, 7) is 1.38. The Labute approximate surface area is 88.9 Å². The zero-order valence-corrected chi connectivity index (χ0v) is 8.85. The predicted molar refractivity (Wildman–Crippen MR) is 51.9 cm³/mol. The second kappa shape index (κ2) is 3.69. The van der Waals surface area contributed by atoms with E-state index in [2.05, 4.69) is 6.07 Å². The molecule has 1 aliphatic heterocycles. The zero-order chi connectivity index (χ0) is 10.1. The van der Waals surface area contributed by atoms with E-state index in [-0.39, 0.29) is 10.7 Å². The van der Waals surface area contributed by atoms with Gasteiger partial charge in [-0.2, -0.15) is 5.26 Å². The molecule has 78 valence electrons. The maximum absolute atomic E-state index is 8.64. The Balaban J connectivity index is 1.94. The Kier molecular flexibility index (Phi) is 2.70. The van der Waals surface area contributed by atoms with Crippen LogP contribution in [0.4, 0.5) is 0 Å². The molecule has 0 N–H and O–H groups in total. The highest BCUT2D eigenvalue weighted by atomic mass is 35.5. The van der Waals surface area contributed by atoms with E-state index in [9.17, 15) is 0 Å². The molecule has 0 unspecified atom stereocenters. The van der Waals surface area contributed by atoms with Crippen LogP contribution in [0.25, 0.3) is 0 Å². The van der Waals surface area contributed by atoms with Crippen LogP contribution in [0.3, 0.4) is 0 Å². The largest absolute Gasteiger partial charge is 0.348 e. The average Bonchev–Trinajstić information content (AvgIpc) is 2.61. The van der Waals surface area contributed by atoms with Gasteiger partial charge >= 0.3 is 0 Å². The van der Waals surface area contributed by atoms with Crippen molar-refractivity contribution in [3.05, 3.63) is 0 Å². The van der Waals surface area contributed by atoms with Gasteiger partial charge in [0.1, 0.15) is 0 Å². The molecule has 0 aromatic carbocycles. The third kappa shape index (κ3) is 1.88. The predicted octanol–water partition coefficient (Wildman–Crippen LogP) is 2.19. The Hall–Kier alpha value is -0.300. The first-order valence-electron chi connectivity index (χ1n) is 5.02. The maximum Gasteiger partial charge on any atom is 0.168 e. The van der Waals surface area contributed by atoms with Crippen LogP contribution >= 0.6 is 11.6 Å². The molecule has 4 heteroatoms. The molecule has 2 aliphatic rings. The fourth-order valence-electron chi connectivity index (χ4n) is 2.18. The van der Waals surface area contributed by atoms with Crippen molar-refractivity contribution in [3.63, 3.8) is 0 Å². The van der Waals surface area contributed by atoms with Gasteiger partial charge in [-0.15, -0.1) is 11.6 Å². The summed E-state index contributed by atoms with van der Waals surface area (Å²) in [6, 6.07) is 2.14. The van der Waals surface area contributed by atoms with Crippen LogP contribution < -0.4 is 0 Å². The number of rotatable bonds is 1. The zero-order valence-electron chi connectivity index (χ0n) is 8.09. The molecular weight excluding hydrogens is 202 g/mol. The van der Waals surface area contributed by atoms with Crippen molar-refractivity contribution in [2.75, 3.05) is 13.2 Å². The fourth-order valence-corrected chi connectivity index (χ4v) is 2.43. The van der Waals surface area contributed by atoms with Gasteiger partial charge in [-0.05, 0) is 12.8 Å². The quantitative estimate of drug-likeness (QED) is 0.630. The van der Waals surface area contributed by atoms with Crippen LogP contribution in [0.5, 0.6) is 0 Å². The van der Waals surface area contributed by atoms with Crippen LogP contribution in [0.1, 0.15) is 32.1 Å². The summed E-state index contributed by atoms with van der Waals surface area (Å²) in [5.41, 5.74) is 0. The minimum Gasteiger partial charge on any atom is -0.348 e. The van der Waals surface area contributed by atoms with Gasteiger partial charge < -0.3 is 9.47 Å². The molecule has 0 aromatic rings. The highest BCUT2D eigenvalue weighted by Crippen LogP contribution is 2.44. The summed E-state index contributed by atoms with van der Waals surface area (Å²) in [5, 5.41) is 8.64. The summed E-state index contributed by atoms with van der Waals surface area (Å²) in [6.07, 6.45) is 3.67. The SMILES string of the molecule is N#CCC1(Cl)CCC2(CC1)OCCO2. The molecule has 0 amide bonds. The van der Waals surface area contributed by atoms with E-state index in [0.29, 0.717) is 19.6 Å². The van der Waals surface area contributed by atoms with E-state index < -0.39 is 0 Å². The molecule has 1 heterocycles. The molecule has 2 fully saturated rings. The van der Waals surface area contributed by atoms with Crippen molar-refractivity contribution in [2.24, 2.45) is 0 Å². The van der Waals surface area contributed by atoms with Crippen molar-refractivity contribution >= 4 is 11.6 Å². The molecule has 1 saturated carbocycles. The van der Waals surface area contributed by atoms with E-state index in [1.807, 2.05) is 0 Å². The van der Waals surface area contributed by atoms with E-state index in [4.69, 9.17) is 26.3 Å². The second-order valence-corrected chi connectivity index (χ2v) is 4.90. The van der Waals surface area contributed by atoms with Gasteiger partial charge in [-0.25, -0.2) is 0 Å². The van der Waals surface area contributed by atoms with Crippen molar-refractivity contribution in [2.45, 2.75) is 42.8 Å². The third-order valence-corrected chi connectivity index (χ3v) is 3.63. The van der Waals surface area contributed by atoms with Crippen molar-refractivity contribution in [1.29, 1.82) is 5.26 Å². The van der Waals surface area contributed by atoms with Gasteiger partial charge in [0, 0.05) is 12.8 Å². The second-order valence-electron chi connectivity index (χ2n) is 4.09. The Morgan fingerprint density at radius 2 is 1.71 bits per heavy atom. The summed E-state index contributed by atoms with van der Waals surface area (Å²) >= 11 is 6.30. The lowest BCUT2D eigenvalue weighted by Gasteiger charge is -2.38. The van der Waals surface area contributed by atoms with Crippen molar-refractivity contribution in [3.8, 4) is 6.07 Å². The van der Waals surface area contributed by atoms with Crippen molar-refractivity contribution in [1.82, 2.24) is 0 Å². The number of nitriles is 1. The first kappa shape index (κ1) is 10.2. The summed E-state index contributed by atoms with van der Waals surface area (Å²) in [5.74, 6) is -0.367. The molecule has 0 aromatic heterocycles. The van der Waals surface area contributed by atoms with Crippen LogP contribution in [-0.4, -0.2) is 23.9 Å². The average molecular weight is 216 g/mol. The Morgan fingerprint density at radius 3 is 2.21 bits per heavy atom. The highest BCUT2D eigenvalue weighted by molar-refractivity contribution is 6.24. The van der Waals surface area contributed by atoms with Crippen LogP contribution in [0, 0.1) is 11.3 Å². The molecule has 2 rings (SSSR count). The number of alkyl halides is 1. The third-order valence-electron chi connectivity index (χ3n) is 3.12. The standard InChI is InChI=1S/C10H14ClNO2/c11-9(5-6-12)1-3-10(4-2-9)13-7-8-14-10/h1-5,7-8H2. The lowest BCUT2D eigenvalue weighted by Crippen LogP contribution is -2.40. The normalized spacial score (nSPS) is 28.9. The lowest BCUT2D eigenvalue weighted by atomic mass is 9.83. The molecule has 0 atom stereocenters. The molecule has 1 spiro atoms. The first-order valence-corrected chi connectivity index (χ1v) is 5.40. The fraction of sp³-hybridized carbons (Fsp3) is 0.900. The van der Waals surface area contributed by atoms with Gasteiger partial charge in [0.25, 0.3) is 0 Å². The molecule has 0 bridgehead atoms. The van der Waals surface area contributed by atoms with Gasteiger partial charge in [0.15, 0.2) is 5.79 Å². The number of hydrogen-bond acceptors (Lipinski definition) is 3. The Bertz CT molecular complexity index is 245. The van der Waals surface area contributed by atoms with E-state index in [0.717, 1.165) is 25.7 Å². The molecule has 3 nitrogen and oxygen atoms in total. The molecule has 1 aliphatic carbocycles. The molecule has 0 radical (unpaired) electrons. The molecular formula is C10H14ClNO2. The van der Waals surface area contributed by atoms with Crippen molar-refractivity contribution < 1.29 is 9.47 Å². The number of nitrogens with zero attached hydrogens (tertiary/aromatic N) is 1. The monoisotopic (exact) mass is 215 g/mol. The number of ether oxygens (including phenoxy) is 2. The smallest absolute Gasteiger partial charge is 0.168 e. The number of hydrogen-bond donors (Lipinski definition) is 0.